The zero-order chi connectivity index (χ0) is 14.9. The van der Waals surface area contributed by atoms with Gasteiger partial charge >= 0.3 is 0 Å². The monoisotopic (exact) mass is 303 g/mol. The van der Waals surface area contributed by atoms with Crippen molar-refractivity contribution in [3.63, 3.8) is 0 Å². The first-order valence-electron chi connectivity index (χ1n) is 5.93. The van der Waals surface area contributed by atoms with Gasteiger partial charge in [0.1, 0.15) is 5.82 Å². The normalized spacial score (nSPS) is 14.7. The molecule has 2 aromatic heterocycles. The summed E-state index contributed by atoms with van der Waals surface area (Å²) in [6.45, 7) is 1.90. The second-order valence-corrected chi connectivity index (χ2v) is 6.00. The molecule has 2 heterocycles. The number of hydrogen-bond donors (Lipinski definition) is 0. The predicted molar refractivity (Wildman–Crippen MR) is 72.5 cm³/mol. The van der Waals surface area contributed by atoms with Gasteiger partial charge in [-0.1, -0.05) is 0 Å². The highest BCUT2D eigenvalue weighted by Gasteiger charge is 2.19. The average Bonchev–Trinajstić information content (AvgIpc) is 2.79. The third-order valence-electron chi connectivity index (χ3n) is 2.97. The Morgan fingerprint density at radius 2 is 2.10 bits per heavy atom. The highest BCUT2D eigenvalue weighted by Crippen LogP contribution is 2.19. The molecule has 6 nitrogen and oxygen atoms in total. The Hall–Kier alpha value is -1.64. The van der Waals surface area contributed by atoms with Gasteiger partial charge in [-0.2, -0.15) is 4.52 Å². The first kappa shape index (κ1) is 14.8. The van der Waals surface area contributed by atoms with Gasteiger partial charge in [0, 0.05) is 35.9 Å². The highest BCUT2D eigenvalue weighted by atomic mass is 32.2. The van der Waals surface area contributed by atoms with Crippen molar-refractivity contribution in [3.8, 4) is 0 Å². The molecule has 0 fully saturated rings. The molecule has 0 aliphatic carbocycles. The third kappa shape index (κ3) is 2.92. The molecule has 2 rings (SSSR count). The number of alkyl halides is 2. The van der Waals surface area contributed by atoms with Crippen molar-refractivity contribution in [1.82, 2.24) is 19.8 Å². The first-order valence-corrected chi connectivity index (χ1v) is 7.66. The van der Waals surface area contributed by atoms with Crippen molar-refractivity contribution in [2.75, 3.05) is 24.0 Å². The fraction of sp³-hybridized carbons (Fsp3) is 0.545. The summed E-state index contributed by atoms with van der Waals surface area (Å²) in [6, 6.07) is 3.22. The number of anilines is 1. The lowest BCUT2D eigenvalue weighted by Gasteiger charge is -2.25. The van der Waals surface area contributed by atoms with Crippen LogP contribution in [-0.4, -0.2) is 49.1 Å². The van der Waals surface area contributed by atoms with Crippen LogP contribution in [0.4, 0.5) is 14.6 Å². The van der Waals surface area contributed by atoms with Crippen molar-refractivity contribution in [2.45, 2.75) is 19.4 Å². The third-order valence-corrected chi connectivity index (χ3v) is 3.92. The summed E-state index contributed by atoms with van der Waals surface area (Å²) in [5, 5.41) is 11.2. The smallest absolute Gasteiger partial charge is 0.299 e. The first-order chi connectivity index (χ1) is 9.40. The van der Waals surface area contributed by atoms with Crippen LogP contribution in [-0.2, 0) is 10.8 Å². The zero-order valence-corrected chi connectivity index (χ0v) is 12.1. The van der Waals surface area contributed by atoms with Crippen LogP contribution in [0.5, 0.6) is 0 Å². The molecule has 9 heteroatoms. The maximum absolute atomic E-state index is 12.8. The molecule has 20 heavy (non-hydrogen) atoms. The van der Waals surface area contributed by atoms with E-state index in [9.17, 15) is 13.0 Å². The van der Waals surface area contributed by atoms with Crippen LogP contribution >= 0.6 is 0 Å². The van der Waals surface area contributed by atoms with Crippen LogP contribution in [0.15, 0.2) is 12.1 Å². The minimum Gasteiger partial charge on any atom is -0.355 e. The van der Waals surface area contributed by atoms with Crippen LogP contribution in [0, 0.1) is 0 Å². The minimum atomic E-state index is -2.74. The Morgan fingerprint density at radius 1 is 1.40 bits per heavy atom. The van der Waals surface area contributed by atoms with Gasteiger partial charge in [0.25, 0.3) is 6.43 Å². The van der Waals surface area contributed by atoms with Crippen molar-refractivity contribution in [3.05, 3.63) is 18.0 Å². The van der Waals surface area contributed by atoms with Gasteiger partial charge in [-0.3, -0.25) is 4.21 Å². The molecule has 2 aromatic rings. The lowest BCUT2D eigenvalue weighted by Crippen LogP contribution is -2.34. The van der Waals surface area contributed by atoms with E-state index >= 15 is 0 Å². The Labute approximate surface area is 117 Å². The highest BCUT2D eigenvalue weighted by molar-refractivity contribution is 7.84. The van der Waals surface area contributed by atoms with Crippen LogP contribution in [0.2, 0.25) is 0 Å². The molecule has 0 amide bonds. The average molecular weight is 303 g/mol. The molecule has 0 N–H and O–H groups in total. The van der Waals surface area contributed by atoms with E-state index < -0.39 is 23.0 Å². The van der Waals surface area contributed by atoms with E-state index in [0.717, 1.165) is 4.52 Å². The molecule has 0 spiro atoms. The van der Waals surface area contributed by atoms with E-state index in [0.29, 0.717) is 11.6 Å². The number of nitrogens with zero attached hydrogens (tertiary/aromatic N) is 5. The number of aromatic nitrogens is 4. The Bertz CT molecular complexity index is 632. The standard InChI is InChI=1S/C11H15F2N5OS/c1-7(6-20(3)19)17(2)9-5-4-8-14-15-11(10(12)13)18(8)16-9/h4-5,7,10H,6H2,1-3H3/t7-,20-/m0/s1. The number of hydrogen-bond acceptors (Lipinski definition) is 5. The van der Waals surface area contributed by atoms with E-state index in [4.69, 9.17) is 0 Å². The summed E-state index contributed by atoms with van der Waals surface area (Å²) >= 11 is 0. The van der Waals surface area contributed by atoms with Gasteiger partial charge in [0.05, 0.1) is 0 Å². The zero-order valence-electron chi connectivity index (χ0n) is 11.3. The SMILES string of the molecule is C[C@@H](C[S@](C)=O)N(C)c1ccc2nnc(C(F)F)n2n1. The number of rotatable bonds is 5. The van der Waals surface area contributed by atoms with Crippen LogP contribution in [0.25, 0.3) is 5.65 Å². The molecule has 0 saturated heterocycles. The van der Waals surface area contributed by atoms with E-state index in [1.165, 1.54) is 0 Å². The minimum absolute atomic E-state index is 0.0303. The van der Waals surface area contributed by atoms with Gasteiger partial charge in [-0.05, 0) is 19.1 Å². The summed E-state index contributed by atoms with van der Waals surface area (Å²) in [6.07, 6.45) is -1.12. The lowest BCUT2D eigenvalue weighted by atomic mass is 10.3. The molecular weight excluding hydrogens is 288 g/mol. The van der Waals surface area contributed by atoms with E-state index in [1.54, 1.807) is 30.3 Å². The van der Waals surface area contributed by atoms with Crippen LogP contribution < -0.4 is 4.90 Å². The predicted octanol–water partition coefficient (Wildman–Crippen LogP) is 1.27. The van der Waals surface area contributed by atoms with E-state index in [-0.39, 0.29) is 11.7 Å². The second kappa shape index (κ2) is 5.78. The molecule has 110 valence electrons. The van der Waals surface area contributed by atoms with Crippen molar-refractivity contribution >= 4 is 22.3 Å². The summed E-state index contributed by atoms with van der Waals surface area (Å²) in [4.78, 5) is 1.79. The maximum Gasteiger partial charge on any atom is 0.299 e. The second-order valence-electron chi connectivity index (χ2n) is 4.52. The van der Waals surface area contributed by atoms with E-state index in [1.807, 2.05) is 6.92 Å². The molecule has 0 aliphatic rings. The molecule has 0 radical (unpaired) electrons. The lowest BCUT2D eigenvalue weighted by molar-refractivity contribution is 0.137. The van der Waals surface area contributed by atoms with Crippen molar-refractivity contribution in [1.29, 1.82) is 0 Å². The summed E-state index contributed by atoms with van der Waals surface area (Å²) in [7, 11) is 0.834. The molecule has 0 aliphatic heterocycles. The summed E-state index contributed by atoms with van der Waals surface area (Å²) < 4.78 is 37.8. The van der Waals surface area contributed by atoms with Gasteiger partial charge < -0.3 is 4.90 Å². The Balaban J connectivity index is 2.35. The Morgan fingerprint density at radius 3 is 2.70 bits per heavy atom. The fourth-order valence-electron chi connectivity index (χ4n) is 1.80. The van der Waals surface area contributed by atoms with Gasteiger partial charge in [0.15, 0.2) is 5.65 Å². The molecule has 0 saturated carbocycles. The van der Waals surface area contributed by atoms with Gasteiger partial charge in [-0.15, -0.1) is 15.3 Å². The van der Waals surface area contributed by atoms with Crippen molar-refractivity contribution in [2.24, 2.45) is 0 Å². The quantitative estimate of drug-likeness (QED) is 0.832. The summed E-state index contributed by atoms with van der Waals surface area (Å²) in [5.41, 5.74) is 0.268. The molecule has 0 unspecified atom stereocenters. The molecule has 0 aromatic carbocycles. The topological polar surface area (TPSA) is 63.4 Å². The van der Waals surface area contributed by atoms with E-state index in [2.05, 4.69) is 15.3 Å². The number of halogens is 2. The maximum atomic E-state index is 12.8. The van der Waals surface area contributed by atoms with Crippen LogP contribution in [0.3, 0.4) is 0 Å². The van der Waals surface area contributed by atoms with Crippen molar-refractivity contribution < 1.29 is 13.0 Å². The molecular formula is C11H15F2N5OS. The fourth-order valence-corrected chi connectivity index (χ4v) is 2.70. The molecule has 0 bridgehead atoms. The number of fused-ring (bicyclic) bond motifs is 1. The Kier molecular flexibility index (Phi) is 4.26. The van der Waals surface area contributed by atoms with Crippen LogP contribution in [0.1, 0.15) is 19.2 Å². The van der Waals surface area contributed by atoms with Gasteiger partial charge in [0.2, 0.25) is 5.82 Å². The van der Waals surface area contributed by atoms with Gasteiger partial charge in [-0.25, -0.2) is 8.78 Å². The summed E-state index contributed by atoms with van der Waals surface area (Å²) in [5.74, 6) is 0.485. The molecule has 2 atom stereocenters. The largest absolute Gasteiger partial charge is 0.355 e.